The van der Waals surface area contributed by atoms with Gasteiger partial charge in [0.05, 0.1) is 6.20 Å². The van der Waals surface area contributed by atoms with E-state index in [4.69, 9.17) is 16.3 Å². The first-order chi connectivity index (χ1) is 7.91. The fraction of sp³-hybridized carbons (Fsp3) is 0.667. The molecule has 17 heavy (non-hydrogen) atoms. The van der Waals surface area contributed by atoms with Crippen molar-refractivity contribution >= 4 is 33.0 Å². The maximum atomic E-state index is 12.1. The van der Waals surface area contributed by atoms with E-state index in [-0.39, 0.29) is 8.68 Å². The van der Waals surface area contributed by atoms with Gasteiger partial charge in [0.2, 0.25) is 0 Å². The molecule has 1 N–H and O–H groups in total. The fourth-order valence-corrected chi connectivity index (χ4v) is 4.42. The lowest BCUT2D eigenvalue weighted by molar-refractivity contribution is 0.0538. The van der Waals surface area contributed by atoms with Crippen molar-refractivity contribution in [1.29, 1.82) is 0 Å². The number of nitrogens with one attached hydrogen (secondary N) is 1. The molecule has 0 amide bonds. The van der Waals surface area contributed by atoms with Crippen molar-refractivity contribution in [2.24, 2.45) is 0 Å². The van der Waals surface area contributed by atoms with E-state index in [1.165, 1.54) is 6.20 Å². The SMILES string of the molecule is CC1(NS(=O)(=O)c2cnc(Cl)s2)CCOCC1. The minimum Gasteiger partial charge on any atom is -0.381 e. The Morgan fingerprint density at radius 3 is 2.71 bits per heavy atom. The summed E-state index contributed by atoms with van der Waals surface area (Å²) in [5.74, 6) is 0. The third kappa shape index (κ3) is 3.17. The summed E-state index contributed by atoms with van der Waals surface area (Å²) in [6.45, 7) is 3.03. The zero-order valence-electron chi connectivity index (χ0n) is 9.27. The maximum Gasteiger partial charge on any atom is 0.252 e. The van der Waals surface area contributed by atoms with Gasteiger partial charge in [0, 0.05) is 18.8 Å². The van der Waals surface area contributed by atoms with Crippen LogP contribution in [0.25, 0.3) is 0 Å². The van der Waals surface area contributed by atoms with Crippen LogP contribution in [0.3, 0.4) is 0 Å². The fourth-order valence-electron chi connectivity index (χ4n) is 1.66. The van der Waals surface area contributed by atoms with Crippen LogP contribution < -0.4 is 4.72 Å². The Bertz CT molecular complexity index is 494. The molecule has 2 rings (SSSR count). The molecule has 2 heterocycles. The van der Waals surface area contributed by atoms with E-state index in [9.17, 15) is 8.42 Å². The van der Waals surface area contributed by atoms with Crippen LogP contribution in [0.5, 0.6) is 0 Å². The van der Waals surface area contributed by atoms with E-state index < -0.39 is 15.6 Å². The van der Waals surface area contributed by atoms with Crippen molar-refractivity contribution < 1.29 is 13.2 Å². The van der Waals surface area contributed by atoms with Crippen LogP contribution in [-0.4, -0.2) is 32.2 Å². The number of ether oxygens (including phenoxy) is 1. The van der Waals surface area contributed by atoms with Gasteiger partial charge in [-0.05, 0) is 19.8 Å². The van der Waals surface area contributed by atoms with Gasteiger partial charge in [0.15, 0.2) is 8.68 Å². The largest absolute Gasteiger partial charge is 0.381 e. The Hall–Kier alpha value is -0.210. The first-order valence-electron chi connectivity index (χ1n) is 5.14. The van der Waals surface area contributed by atoms with Crippen molar-refractivity contribution in [3.8, 4) is 0 Å². The zero-order valence-corrected chi connectivity index (χ0v) is 11.7. The van der Waals surface area contributed by atoms with Gasteiger partial charge in [-0.3, -0.25) is 0 Å². The number of thiazole rings is 1. The van der Waals surface area contributed by atoms with Gasteiger partial charge < -0.3 is 4.74 Å². The Labute approximate surface area is 109 Å². The maximum absolute atomic E-state index is 12.1. The van der Waals surface area contributed by atoms with Crippen LogP contribution in [-0.2, 0) is 14.8 Å². The predicted molar refractivity (Wildman–Crippen MR) is 65.9 cm³/mol. The van der Waals surface area contributed by atoms with Gasteiger partial charge in [-0.2, -0.15) is 0 Å². The van der Waals surface area contributed by atoms with Crippen LogP contribution in [0.4, 0.5) is 0 Å². The lowest BCUT2D eigenvalue weighted by atomic mass is 9.94. The molecule has 0 unspecified atom stereocenters. The summed E-state index contributed by atoms with van der Waals surface area (Å²) >= 11 is 6.59. The molecule has 1 fully saturated rings. The van der Waals surface area contributed by atoms with Gasteiger partial charge >= 0.3 is 0 Å². The summed E-state index contributed by atoms with van der Waals surface area (Å²) < 4.78 is 32.5. The highest BCUT2D eigenvalue weighted by atomic mass is 35.5. The topological polar surface area (TPSA) is 68.3 Å². The molecule has 96 valence electrons. The van der Waals surface area contributed by atoms with Gasteiger partial charge in [0.25, 0.3) is 10.0 Å². The summed E-state index contributed by atoms with van der Waals surface area (Å²) in [6.07, 6.45) is 2.61. The molecule has 0 bridgehead atoms. The van der Waals surface area contributed by atoms with Crippen molar-refractivity contribution in [2.75, 3.05) is 13.2 Å². The summed E-state index contributed by atoms with van der Waals surface area (Å²) in [5, 5.41) is 0. The monoisotopic (exact) mass is 296 g/mol. The first-order valence-corrected chi connectivity index (χ1v) is 7.82. The van der Waals surface area contributed by atoms with E-state index in [1.54, 1.807) is 0 Å². The van der Waals surface area contributed by atoms with Crippen LogP contribution in [0, 0.1) is 0 Å². The third-order valence-electron chi connectivity index (χ3n) is 2.70. The minimum absolute atomic E-state index is 0.148. The number of hydrogen-bond donors (Lipinski definition) is 1. The number of nitrogens with zero attached hydrogens (tertiary/aromatic N) is 1. The van der Waals surface area contributed by atoms with Crippen LogP contribution in [0.1, 0.15) is 19.8 Å². The average molecular weight is 297 g/mol. The quantitative estimate of drug-likeness (QED) is 0.921. The predicted octanol–water partition coefficient (Wildman–Crippen LogP) is 1.64. The lowest BCUT2D eigenvalue weighted by Crippen LogP contribution is -2.49. The smallest absolute Gasteiger partial charge is 0.252 e. The summed E-state index contributed by atoms with van der Waals surface area (Å²) in [6, 6.07) is 0. The van der Waals surface area contributed by atoms with Crippen LogP contribution in [0.2, 0.25) is 4.47 Å². The zero-order chi connectivity index (χ0) is 12.5. The molecular formula is C9H13ClN2O3S2. The second kappa shape index (κ2) is 4.81. The average Bonchev–Trinajstić information content (AvgIpc) is 2.65. The summed E-state index contributed by atoms with van der Waals surface area (Å²) in [4.78, 5) is 3.74. The van der Waals surface area contributed by atoms with E-state index in [1.807, 2.05) is 6.92 Å². The van der Waals surface area contributed by atoms with Crippen molar-refractivity contribution in [3.05, 3.63) is 10.7 Å². The highest BCUT2D eigenvalue weighted by Gasteiger charge is 2.33. The van der Waals surface area contributed by atoms with Crippen LogP contribution in [0.15, 0.2) is 10.4 Å². The van der Waals surface area contributed by atoms with Gasteiger partial charge in [-0.25, -0.2) is 18.1 Å². The standard InChI is InChI=1S/C9H13ClN2O3S2/c1-9(2-4-15-5-3-9)12-17(13,14)7-6-11-8(10)16-7/h6,12H,2-5H2,1H3. The van der Waals surface area contributed by atoms with Gasteiger partial charge in [-0.15, -0.1) is 0 Å². The number of aromatic nitrogens is 1. The van der Waals surface area contributed by atoms with Crippen molar-refractivity contribution in [3.63, 3.8) is 0 Å². The van der Waals surface area contributed by atoms with E-state index in [0.717, 1.165) is 11.3 Å². The molecule has 0 aromatic carbocycles. The molecule has 1 aromatic rings. The molecule has 0 spiro atoms. The molecule has 0 aliphatic carbocycles. The molecule has 0 saturated carbocycles. The molecule has 1 aromatic heterocycles. The van der Waals surface area contributed by atoms with Gasteiger partial charge in [0.1, 0.15) is 0 Å². The molecule has 0 atom stereocenters. The van der Waals surface area contributed by atoms with E-state index in [2.05, 4.69) is 9.71 Å². The third-order valence-corrected chi connectivity index (χ3v) is 5.91. The Morgan fingerprint density at radius 1 is 1.53 bits per heavy atom. The van der Waals surface area contributed by atoms with E-state index >= 15 is 0 Å². The number of rotatable bonds is 3. The number of sulfonamides is 1. The summed E-state index contributed by atoms with van der Waals surface area (Å²) in [7, 11) is -3.53. The Kier molecular flexibility index (Phi) is 3.74. The highest BCUT2D eigenvalue weighted by Crippen LogP contribution is 2.26. The normalized spacial score (nSPS) is 20.4. The van der Waals surface area contributed by atoms with Crippen molar-refractivity contribution in [1.82, 2.24) is 9.71 Å². The minimum atomic E-state index is -3.53. The molecular weight excluding hydrogens is 284 g/mol. The molecule has 1 saturated heterocycles. The number of halogens is 1. The summed E-state index contributed by atoms with van der Waals surface area (Å²) in [5.41, 5.74) is -0.451. The molecule has 8 heteroatoms. The lowest BCUT2D eigenvalue weighted by Gasteiger charge is -2.33. The molecule has 1 aliphatic heterocycles. The molecule has 0 radical (unpaired) electrons. The first kappa shape index (κ1) is 13.2. The van der Waals surface area contributed by atoms with Gasteiger partial charge in [-0.1, -0.05) is 22.9 Å². The van der Waals surface area contributed by atoms with Crippen LogP contribution >= 0.6 is 22.9 Å². The van der Waals surface area contributed by atoms with Crippen molar-refractivity contribution in [2.45, 2.75) is 29.5 Å². The Morgan fingerprint density at radius 2 is 2.18 bits per heavy atom. The second-order valence-corrected chi connectivity index (χ2v) is 7.73. The number of hydrogen-bond acceptors (Lipinski definition) is 5. The molecule has 5 nitrogen and oxygen atoms in total. The molecule has 1 aliphatic rings. The Balaban J connectivity index is 2.17. The van der Waals surface area contributed by atoms with E-state index in [0.29, 0.717) is 26.1 Å². The highest BCUT2D eigenvalue weighted by molar-refractivity contribution is 7.91. The second-order valence-electron chi connectivity index (χ2n) is 4.21.